The van der Waals surface area contributed by atoms with Crippen molar-refractivity contribution < 1.29 is 4.79 Å². The van der Waals surface area contributed by atoms with Crippen molar-refractivity contribution in [1.82, 2.24) is 4.90 Å². The number of benzene rings is 1. The van der Waals surface area contributed by atoms with Crippen molar-refractivity contribution in [2.24, 2.45) is 0 Å². The average molecular weight is 295 g/mol. The number of amides is 1. The monoisotopic (exact) mass is 293 g/mol. The first-order valence-corrected chi connectivity index (χ1v) is 6.54. The Hall–Kier alpha value is -0.440. The Morgan fingerprint density at radius 2 is 1.65 bits per heavy atom. The number of carbonyl (C=O) groups is 1. The van der Waals surface area contributed by atoms with Crippen molar-refractivity contribution in [3.05, 3.63) is 32.8 Å². The molecular weight excluding hydrogens is 280 g/mol. The van der Waals surface area contributed by atoms with Crippen molar-refractivity contribution in [1.29, 1.82) is 0 Å². The van der Waals surface area contributed by atoms with Gasteiger partial charge < -0.3 is 4.90 Å². The van der Waals surface area contributed by atoms with Crippen LogP contribution in [0, 0.1) is 0 Å². The second-order valence-electron chi connectivity index (χ2n) is 3.56. The van der Waals surface area contributed by atoms with E-state index in [-0.39, 0.29) is 12.3 Å². The molecule has 0 saturated heterocycles. The van der Waals surface area contributed by atoms with Gasteiger partial charge in [-0.2, -0.15) is 0 Å². The molecule has 0 spiro atoms. The van der Waals surface area contributed by atoms with E-state index < -0.39 is 0 Å². The second-order valence-corrected chi connectivity index (χ2v) is 4.76. The van der Waals surface area contributed by atoms with Crippen molar-refractivity contribution in [2.45, 2.75) is 20.3 Å². The third kappa shape index (κ3) is 3.51. The fourth-order valence-corrected chi connectivity index (χ4v) is 2.25. The normalized spacial score (nSPS) is 10.4. The number of halogens is 3. The third-order valence-electron chi connectivity index (χ3n) is 2.58. The van der Waals surface area contributed by atoms with Crippen LogP contribution in [0.3, 0.4) is 0 Å². The highest BCUT2D eigenvalue weighted by molar-refractivity contribution is 6.44. The smallest absolute Gasteiger partial charge is 0.227 e. The molecule has 0 unspecified atom stereocenters. The van der Waals surface area contributed by atoms with Crippen molar-refractivity contribution in [3.63, 3.8) is 0 Å². The van der Waals surface area contributed by atoms with Gasteiger partial charge in [0.2, 0.25) is 5.91 Å². The zero-order valence-electron chi connectivity index (χ0n) is 9.77. The van der Waals surface area contributed by atoms with Gasteiger partial charge in [0.25, 0.3) is 0 Å². The summed E-state index contributed by atoms with van der Waals surface area (Å²) in [4.78, 5) is 13.7. The molecule has 0 fully saturated rings. The number of hydrogen-bond donors (Lipinski definition) is 0. The SMILES string of the molecule is CCN(CC)C(=O)Cc1c(Cl)ccc(Cl)c1Cl. The molecule has 0 N–H and O–H groups in total. The molecule has 0 aromatic heterocycles. The number of carbonyl (C=O) groups excluding carboxylic acids is 1. The maximum absolute atomic E-state index is 12.0. The number of hydrogen-bond acceptors (Lipinski definition) is 1. The van der Waals surface area contributed by atoms with Gasteiger partial charge in [0.15, 0.2) is 0 Å². The Morgan fingerprint density at radius 3 is 2.18 bits per heavy atom. The summed E-state index contributed by atoms with van der Waals surface area (Å²) in [6, 6.07) is 3.28. The lowest BCUT2D eigenvalue weighted by atomic mass is 10.1. The van der Waals surface area contributed by atoms with Crippen molar-refractivity contribution in [2.75, 3.05) is 13.1 Å². The fourth-order valence-electron chi connectivity index (χ4n) is 1.57. The van der Waals surface area contributed by atoms with Crippen LogP contribution in [0.15, 0.2) is 12.1 Å². The topological polar surface area (TPSA) is 20.3 Å². The lowest BCUT2D eigenvalue weighted by molar-refractivity contribution is -0.130. The molecular formula is C12H14Cl3NO. The Morgan fingerprint density at radius 1 is 1.12 bits per heavy atom. The summed E-state index contributed by atoms with van der Waals surface area (Å²) >= 11 is 18.0. The highest BCUT2D eigenvalue weighted by Crippen LogP contribution is 2.31. The molecule has 0 bridgehead atoms. The molecule has 5 heteroatoms. The number of rotatable bonds is 4. The van der Waals surface area contributed by atoms with Gasteiger partial charge in [-0.15, -0.1) is 0 Å². The van der Waals surface area contributed by atoms with Crippen LogP contribution >= 0.6 is 34.8 Å². The predicted molar refractivity (Wildman–Crippen MR) is 73.1 cm³/mol. The zero-order valence-corrected chi connectivity index (χ0v) is 12.0. The molecule has 1 amide bonds. The van der Waals surface area contributed by atoms with E-state index in [1.165, 1.54) is 0 Å². The van der Waals surface area contributed by atoms with E-state index in [1.807, 2.05) is 13.8 Å². The minimum atomic E-state index is 0.000988. The highest BCUT2D eigenvalue weighted by Gasteiger charge is 2.16. The van der Waals surface area contributed by atoms with Gasteiger partial charge >= 0.3 is 0 Å². The van der Waals surface area contributed by atoms with E-state index in [2.05, 4.69) is 0 Å². The first-order valence-electron chi connectivity index (χ1n) is 5.41. The summed E-state index contributed by atoms with van der Waals surface area (Å²) in [5.74, 6) is 0.000988. The quantitative estimate of drug-likeness (QED) is 0.767. The van der Waals surface area contributed by atoms with Gasteiger partial charge in [0.1, 0.15) is 0 Å². The van der Waals surface area contributed by atoms with Gasteiger partial charge in [-0.3, -0.25) is 4.79 Å². The Balaban J connectivity index is 2.95. The van der Waals surface area contributed by atoms with Crippen LogP contribution in [0.2, 0.25) is 15.1 Å². The maximum atomic E-state index is 12.0. The van der Waals surface area contributed by atoms with Gasteiger partial charge in [-0.05, 0) is 26.0 Å². The third-order valence-corrected chi connectivity index (χ3v) is 3.78. The van der Waals surface area contributed by atoms with Gasteiger partial charge in [-0.25, -0.2) is 0 Å². The zero-order chi connectivity index (χ0) is 13.0. The van der Waals surface area contributed by atoms with E-state index in [0.717, 1.165) is 0 Å². The average Bonchev–Trinajstić information content (AvgIpc) is 2.31. The van der Waals surface area contributed by atoms with Crippen LogP contribution in [-0.2, 0) is 11.2 Å². The van der Waals surface area contributed by atoms with Crippen LogP contribution in [0.5, 0.6) is 0 Å². The minimum absolute atomic E-state index is 0.000988. The molecule has 2 nitrogen and oxygen atoms in total. The fraction of sp³-hybridized carbons (Fsp3) is 0.417. The summed E-state index contributed by atoms with van der Waals surface area (Å²) in [6.45, 7) is 5.21. The summed E-state index contributed by atoms with van der Waals surface area (Å²) in [7, 11) is 0. The summed E-state index contributed by atoms with van der Waals surface area (Å²) < 4.78 is 0. The summed E-state index contributed by atoms with van der Waals surface area (Å²) in [5, 5.41) is 1.25. The van der Waals surface area contributed by atoms with Crippen molar-refractivity contribution >= 4 is 40.7 Å². The van der Waals surface area contributed by atoms with Crippen LogP contribution < -0.4 is 0 Å². The molecule has 17 heavy (non-hydrogen) atoms. The largest absolute Gasteiger partial charge is 0.343 e. The van der Waals surface area contributed by atoms with Crippen LogP contribution in [0.4, 0.5) is 0 Å². The van der Waals surface area contributed by atoms with E-state index >= 15 is 0 Å². The lowest BCUT2D eigenvalue weighted by Gasteiger charge is -2.19. The van der Waals surface area contributed by atoms with E-state index in [0.29, 0.717) is 33.7 Å². The minimum Gasteiger partial charge on any atom is -0.343 e. The first-order chi connectivity index (χ1) is 8.01. The van der Waals surface area contributed by atoms with Crippen LogP contribution in [0.1, 0.15) is 19.4 Å². The lowest BCUT2D eigenvalue weighted by Crippen LogP contribution is -2.31. The molecule has 0 aliphatic rings. The Labute approximate surface area is 116 Å². The van der Waals surface area contributed by atoms with Crippen LogP contribution in [0.25, 0.3) is 0 Å². The molecule has 1 rings (SSSR count). The standard InChI is InChI=1S/C12H14Cl3NO/c1-3-16(4-2)11(17)7-8-9(13)5-6-10(14)12(8)15/h5-6H,3-4,7H2,1-2H3. The van der Waals surface area contributed by atoms with Crippen molar-refractivity contribution in [3.8, 4) is 0 Å². The Kier molecular flexibility index (Phi) is 5.57. The molecule has 0 radical (unpaired) electrons. The summed E-state index contributed by atoms with van der Waals surface area (Å²) in [6.07, 6.45) is 0.180. The van der Waals surface area contributed by atoms with E-state index in [4.69, 9.17) is 34.8 Å². The molecule has 94 valence electrons. The molecule has 0 aliphatic heterocycles. The molecule has 1 aromatic rings. The van der Waals surface area contributed by atoms with Gasteiger partial charge in [0, 0.05) is 23.7 Å². The van der Waals surface area contributed by atoms with E-state index in [9.17, 15) is 4.79 Å². The second kappa shape index (κ2) is 6.48. The van der Waals surface area contributed by atoms with Crippen LogP contribution in [-0.4, -0.2) is 23.9 Å². The molecule has 0 heterocycles. The van der Waals surface area contributed by atoms with E-state index in [1.54, 1.807) is 17.0 Å². The Bertz CT molecular complexity index is 416. The maximum Gasteiger partial charge on any atom is 0.227 e. The number of likely N-dealkylation sites (N-methyl/N-ethyl adjacent to an activating group) is 1. The van der Waals surface area contributed by atoms with Gasteiger partial charge in [0.05, 0.1) is 16.5 Å². The summed E-state index contributed by atoms with van der Waals surface area (Å²) in [5.41, 5.74) is 0.595. The number of nitrogens with zero attached hydrogens (tertiary/aromatic N) is 1. The molecule has 0 saturated carbocycles. The van der Waals surface area contributed by atoms with Gasteiger partial charge in [-0.1, -0.05) is 34.8 Å². The molecule has 0 aliphatic carbocycles. The molecule has 0 atom stereocenters. The predicted octanol–water partition coefficient (Wildman–Crippen LogP) is 4.06. The highest BCUT2D eigenvalue weighted by atomic mass is 35.5. The first kappa shape index (κ1) is 14.6. The molecule has 1 aromatic carbocycles.